The van der Waals surface area contributed by atoms with Crippen LogP contribution in [0.25, 0.3) is 0 Å². The van der Waals surface area contributed by atoms with Crippen molar-refractivity contribution in [3.8, 4) is 0 Å². The smallest absolute Gasteiger partial charge is 0.462 e. The average molecular weight is 995 g/mol. The number of unbranched alkanes of at least 4 members (excludes halogenated alkanes) is 37. The maximum atomic E-state index is 12.7. The molecule has 0 spiro atoms. The molecule has 0 heterocycles. The molecule has 0 rings (SSSR count). The fourth-order valence-electron chi connectivity index (χ4n) is 8.65. The molecular formula is C59H112NO8P. The number of carbonyl (C=O) groups excluding carboxylic acids is 2. The van der Waals surface area contributed by atoms with Gasteiger partial charge in [0.2, 0.25) is 0 Å². The number of rotatable bonds is 56. The van der Waals surface area contributed by atoms with Crippen molar-refractivity contribution < 1.29 is 37.6 Å². The summed E-state index contributed by atoms with van der Waals surface area (Å²) in [5.74, 6) is -0.814. The van der Waals surface area contributed by atoms with Gasteiger partial charge in [-0.25, -0.2) is 4.57 Å². The molecule has 0 fully saturated rings. The molecule has 9 nitrogen and oxygen atoms in total. The minimum atomic E-state index is -4.39. The summed E-state index contributed by atoms with van der Waals surface area (Å²) >= 11 is 0. The van der Waals surface area contributed by atoms with Crippen molar-refractivity contribution in [1.82, 2.24) is 0 Å². The molecule has 0 aromatic carbocycles. The normalized spacial score (nSPS) is 13.3. The predicted octanol–water partition coefficient (Wildman–Crippen LogP) is 18.4. The first kappa shape index (κ1) is 67.2. The molecule has 69 heavy (non-hydrogen) atoms. The summed E-state index contributed by atoms with van der Waals surface area (Å²) in [6.07, 6.45) is 66.3. The van der Waals surface area contributed by atoms with E-state index in [1.807, 2.05) is 0 Å². The van der Waals surface area contributed by atoms with E-state index in [1.165, 1.54) is 212 Å². The number of hydrogen-bond acceptors (Lipinski definition) is 8. The van der Waals surface area contributed by atoms with Crippen LogP contribution in [0, 0.1) is 0 Å². The molecule has 3 N–H and O–H groups in total. The Morgan fingerprint density at radius 1 is 0.435 bits per heavy atom. The zero-order valence-corrected chi connectivity index (χ0v) is 46.2. The lowest BCUT2D eigenvalue weighted by Crippen LogP contribution is -2.29. The van der Waals surface area contributed by atoms with E-state index >= 15 is 0 Å². The lowest BCUT2D eigenvalue weighted by atomic mass is 10.0. The highest BCUT2D eigenvalue weighted by Crippen LogP contribution is 2.43. The zero-order valence-electron chi connectivity index (χ0n) is 45.3. The highest BCUT2D eigenvalue weighted by atomic mass is 31.2. The molecule has 0 aromatic rings. The third-order valence-corrected chi connectivity index (χ3v) is 14.0. The van der Waals surface area contributed by atoms with Crippen LogP contribution in [-0.4, -0.2) is 49.3 Å². The molecule has 0 aromatic heterocycles. The van der Waals surface area contributed by atoms with E-state index in [4.69, 9.17) is 24.3 Å². The number of phosphoric acid groups is 1. The Bertz CT molecular complexity index is 1220. The van der Waals surface area contributed by atoms with Crippen LogP contribution >= 0.6 is 7.82 Å². The number of allylic oxidation sites excluding steroid dienone is 6. The zero-order chi connectivity index (χ0) is 50.2. The van der Waals surface area contributed by atoms with Crippen molar-refractivity contribution >= 4 is 19.8 Å². The fourth-order valence-corrected chi connectivity index (χ4v) is 9.41. The van der Waals surface area contributed by atoms with Gasteiger partial charge < -0.3 is 20.1 Å². The van der Waals surface area contributed by atoms with Crippen LogP contribution in [0.4, 0.5) is 0 Å². The molecule has 0 aliphatic rings. The second-order valence-electron chi connectivity index (χ2n) is 19.9. The number of ether oxygens (including phenoxy) is 2. The Kier molecular flexibility index (Phi) is 54.1. The second-order valence-corrected chi connectivity index (χ2v) is 21.3. The van der Waals surface area contributed by atoms with E-state index in [9.17, 15) is 19.0 Å². The highest BCUT2D eigenvalue weighted by molar-refractivity contribution is 7.47. The quantitative estimate of drug-likeness (QED) is 0.0264. The largest absolute Gasteiger partial charge is 0.472 e. The van der Waals surface area contributed by atoms with Gasteiger partial charge in [0.15, 0.2) is 6.10 Å². The Balaban J connectivity index is 3.95. The lowest BCUT2D eigenvalue weighted by molar-refractivity contribution is -0.161. The van der Waals surface area contributed by atoms with Gasteiger partial charge in [-0.3, -0.25) is 18.6 Å². The Hall–Kier alpha value is -1.77. The summed E-state index contributed by atoms with van der Waals surface area (Å²) < 4.78 is 33.1. The molecule has 2 atom stereocenters. The number of phosphoric ester groups is 1. The van der Waals surface area contributed by atoms with E-state index in [1.54, 1.807) is 0 Å². The van der Waals surface area contributed by atoms with Gasteiger partial charge in [-0.2, -0.15) is 0 Å². The summed E-state index contributed by atoms with van der Waals surface area (Å²) in [4.78, 5) is 35.2. The van der Waals surface area contributed by atoms with Gasteiger partial charge in [0.25, 0.3) is 0 Å². The van der Waals surface area contributed by atoms with Crippen molar-refractivity contribution in [2.24, 2.45) is 5.73 Å². The maximum absolute atomic E-state index is 12.7. The minimum absolute atomic E-state index is 0.0546. The van der Waals surface area contributed by atoms with Crippen molar-refractivity contribution in [2.75, 3.05) is 26.4 Å². The van der Waals surface area contributed by atoms with Crippen molar-refractivity contribution in [3.63, 3.8) is 0 Å². The number of hydrogen-bond donors (Lipinski definition) is 2. The van der Waals surface area contributed by atoms with Gasteiger partial charge in [0.05, 0.1) is 13.2 Å². The minimum Gasteiger partial charge on any atom is -0.462 e. The summed E-state index contributed by atoms with van der Waals surface area (Å²) in [6.45, 7) is 3.78. The summed E-state index contributed by atoms with van der Waals surface area (Å²) in [6, 6.07) is 0. The Morgan fingerprint density at radius 2 is 0.754 bits per heavy atom. The maximum Gasteiger partial charge on any atom is 0.472 e. The van der Waals surface area contributed by atoms with Gasteiger partial charge in [-0.15, -0.1) is 0 Å². The molecule has 0 radical (unpaired) electrons. The van der Waals surface area contributed by atoms with Crippen LogP contribution in [0.15, 0.2) is 36.5 Å². The summed E-state index contributed by atoms with van der Waals surface area (Å²) in [5, 5.41) is 0. The molecule has 2 unspecified atom stereocenters. The van der Waals surface area contributed by atoms with Gasteiger partial charge >= 0.3 is 19.8 Å². The third kappa shape index (κ3) is 55.4. The van der Waals surface area contributed by atoms with Crippen molar-refractivity contribution in [1.29, 1.82) is 0 Å². The molecule has 406 valence electrons. The second kappa shape index (κ2) is 55.5. The highest BCUT2D eigenvalue weighted by Gasteiger charge is 2.26. The van der Waals surface area contributed by atoms with Gasteiger partial charge in [0, 0.05) is 19.4 Å². The number of nitrogens with two attached hydrogens (primary N) is 1. The van der Waals surface area contributed by atoms with E-state index in [2.05, 4.69) is 50.3 Å². The van der Waals surface area contributed by atoms with Crippen LogP contribution in [0.3, 0.4) is 0 Å². The van der Waals surface area contributed by atoms with E-state index < -0.39 is 26.5 Å². The molecule has 0 aliphatic carbocycles. The van der Waals surface area contributed by atoms with Gasteiger partial charge in [0.1, 0.15) is 6.61 Å². The molecule has 0 saturated carbocycles. The first-order valence-corrected chi connectivity index (χ1v) is 31.0. The Morgan fingerprint density at radius 3 is 1.12 bits per heavy atom. The first-order valence-electron chi connectivity index (χ1n) is 29.5. The van der Waals surface area contributed by atoms with Crippen LogP contribution in [0.1, 0.15) is 296 Å². The van der Waals surface area contributed by atoms with Crippen LogP contribution in [0.2, 0.25) is 0 Å². The fraction of sp³-hybridized carbons (Fsp3) is 0.864. The molecular weight excluding hydrogens is 882 g/mol. The van der Waals surface area contributed by atoms with Crippen LogP contribution in [0.5, 0.6) is 0 Å². The topological polar surface area (TPSA) is 134 Å². The SMILES string of the molecule is CCCCCCC/C=C\C/C=C\C/C=C\CCCCCCCCCCCCCCC(=O)OC(COC(=O)CCCCCCCCCCCCCCCCCCCCCCC)COP(=O)(O)OCCN. The molecule has 0 amide bonds. The van der Waals surface area contributed by atoms with Crippen LogP contribution in [-0.2, 0) is 32.7 Å². The van der Waals surface area contributed by atoms with Crippen LogP contribution < -0.4 is 5.73 Å². The monoisotopic (exact) mass is 994 g/mol. The van der Waals surface area contributed by atoms with E-state index in [-0.39, 0.29) is 38.6 Å². The first-order chi connectivity index (χ1) is 33.8. The predicted molar refractivity (Wildman–Crippen MR) is 294 cm³/mol. The van der Waals surface area contributed by atoms with Gasteiger partial charge in [-0.05, 0) is 51.4 Å². The number of esters is 2. The molecule has 0 saturated heterocycles. The molecule has 10 heteroatoms. The Labute approximate surface area is 426 Å². The molecule has 0 aliphatic heterocycles. The molecule has 0 bridgehead atoms. The summed E-state index contributed by atoms with van der Waals surface area (Å²) in [7, 11) is -4.39. The average Bonchev–Trinajstić information content (AvgIpc) is 3.34. The standard InChI is InChI=1S/C59H112NO8P/c1-3-5-7-9-11-13-15-17-19-21-23-25-26-27-28-29-30-32-34-36-38-40-42-44-46-48-50-52-59(62)68-57(56-67-69(63,64)66-54-53-60)55-65-58(61)51-49-47-45-43-41-39-37-35-33-31-24-22-20-18-16-14-12-10-8-6-4-2/h15,17,21,23,26-27,57H,3-14,16,18-20,22,24-25,28-56,60H2,1-2H3,(H,63,64)/b17-15-,23-21-,27-26-. The lowest BCUT2D eigenvalue weighted by Gasteiger charge is -2.19. The third-order valence-electron chi connectivity index (χ3n) is 13.0. The van der Waals surface area contributed by atoms with Crippen molar-refractivity contribution in [2.45, 2.75) is 302 Å². The van der Waals surface area contributed by atoms with E-state index in [0.717, 1.165) is 51.4 Å². The van der Waals surface area contributed by atoms with E-state index in [0.29, 0.717) is 6.42 Å². The van der Waals surface area contributed by atoms with Crippen molar-refractivity contribution in [3.05, 3.63) is 36.5 Å². The van der Waals surface area contributed by atoms with Gasteiger partial charge in [-0.1, -0.05) is 269 Å². The summed E-state index contributed by atoms with van der Waals surface area (Å²) in [5.41, 5.74) is 5.38. The number of carbonyl (C=O) groups is 2.